The lowest BCUT2D eigenvalue weighted by atomic mass is 10.0. The van der Waals surface area contributed by atoms with Gasteiger partial charge in [-0.2, -0.15) is 0 Å². The molecule has 2 N–H and O–H groups in total. The average Bonchev–Trinajstić information content (AvgIpc) is 2.53. The summed E-state index contributed by atoms with van der Waals surface area (Å²) < 4.78 is 10.5. The van der Waals surface area contributed by atoms with Crippen molar-refractivity contribution in [3.8, 4) is 0 Å². The second-order valence-corrected chi connectivity index (χ2v) is 6.16. The Morgan fingerprint density at radius 1 is 1.27 bits per heavy atom. The van der Waals surface area contributed by atoms with Gasteiger partial charge in [-0.05, 0) is 18.8 Å². The Balaban J connectivity index is 2.39. The van der Waals surface area contributed by atoms with Gasteiger partial charge in [0.25, 0.3) is 0 Å². The van der Waals surface area contributed by atoms with Crippen LogP contribution in [-0.4, -0.2) is 77.1 Å². The van der Waals surface area contributed by atoms with Crippen LogP contribution < -0.4 is 10.6 Å². The number of rotatable bonds is 9. The highest BCUT2D eigenvalue weighted by Crippen LogP contribution is 2.12. The lowest BCUT2D eigenvalue weighted by Gasteiger charge is -2.35. The molecule has 1 aliphatic heterocycles. The molecule has 0 aromatic heterocycles. The second-order valence-electron chi connectivity index (χ2n) is 6.16. The summed E-state index contributed by atoms with van der Waals surface area (Å²) in [6.07, 6.45) is 2.17. The Labute approximate surface area is 135 Å². The number of nitrogens with zero attached hydrogens (tertiary/aromatic N) is 2. The minimum Gasteiger partial charge on any atom is -0.385 e. The largest absolute Gasteiger partial charge is 0.385 e. The molecule has 22 heavy (non-hydrogen) atoms. The lowest BCUT2D eigenvalue weighted by molar-refractivity contribution is 0.0132. The molecular weight excluding hydrogens is 280 g/mol. The van der Waals surface area contributed by atoms with E-state index in [1.165, 1.54) is 6.42 Å². The molecule has 1 fully saturated rings. The number of morpholine rings is 1. The van der Waals surface area contributed by atoms with Crippen molar-refractivity contribution in [1.82, 2.24) is 15.5 Å². The fourth-order valence-corrected chi connectivity index (χ4v) is 2.71. The van der Waals surface area contributed by atoms with E-state index in [0.29, 0.717) is 12.0 Å². The third-order valence-electron chi connectivity index (χ3n) is 3.85. The first kappa shape index (κ1) is 19.2. The molecule has 1 heterocycles. The van der Waals surface area contributed by atoms with Gasteiger partial charge in [0.05, 0.1) is 13.2 Å². The van der Waals surface area contributed by atoms with Gasteiger partial charge in [0.2, 0.25) is 0 Å². The van der Waals surface area contributed by atoms with E-state index in [4.69, 9.17) is 9.47 Å². The van der Waals surface area contributed by atoms with Crippen molar-refractivity contribution in [2.24, 2.45) is 10.9 Å². The molecule has 1 atom stereocenters. The third kappa shape index (κ3) is 7.96. The van der Waals surface area contributed by atoms with Crippen molar-refractivity contribution in [3.63, 3.8) is 0 Å². The van der Waals surface area contributed by atoms with Crippen LogP contribution in [0.3, 0.4) is 0 Å². The molecule has 1 unspecified atom stereocenters. The highest BCUT2D eigenvalue weighted by atomic mass is 16.5. The van der Waals surface area contributed by atoms with Crippen LogP contribution in [0.5, 0.6) is 0 Å². The summed E-state index contributed by atoms with van der Waals surface area (Å²) in [7, 11) is 3.55. The number of guanidine groups is 1. The molecule has 0 saturated carbocycles. The van der Waals surface area contributed by atoms with Crippen LogP contribution in [0.2, 0.25) is 0 Å². The van der Waals surface area contributed by atoms with Gasteiger partial charge in [-0.15, -0.1) is 0 Å². The van der Waals surface area contributed by atoms with Gasteiger partial charge in [-0.25, -0.2) is 0 Å². The van der Waals surface area contributed by atoms with Crippen molar-refractivity contribution in [2.75, 3.05) is 60.2 Å². The monoisotopic (exact) mass is 314 g/mol. The molecule has 0 bridgehead atoms. The van der Waals surface area contributed by atoms with Gasteiger partial charge < -0.3 is 20.1 Å². The molecule has 0 aromatic rings. The molecule has 0 spiro atoms. The van der Waals surface area contributed by atoms with E-state index >= 15 is 0 Å². The predicted octanol–water partition coefficient (Wildman–Crippen LogP) is 0.935. The minimum atomic E-state index is 0.529. The Bertz CT molecular complexity index is 305. The summed E-state index contributed by atoms with van der Waals surface area (Å²) in [4.78, 5) is 6.83. The molecule has 6 heteroatoms. The standard InChI is InChI=1S/C16H34N4O2/c1-14(2)12-15(20-7-10-22-11-8-20)13-19-16(17-3)18-6-5-9-21-4/h14-15H,5-13H2,1-4H3,(H2,17,18,19). The summed E-state index contributed by atoms with van der Waals surface area (Å²) in [6.45, 7) is 10.9. The summed E-state index contributed by atoms with van der Waals surface area (Å²) >= 11 is 0. The zero-order chi connectivity index (χ0) is 16.2. The molecule has 1 rings (SSSR count). The topological polar surface area (TPSA) is 58.1 Å². The number of methoxy groups -OCH3 is 1. The summed E-state index contributed by atoms with van der Waals surface area (Å²) in [6, 6.07) is 0.529. The van der Waals surface area contributed by atoms with E-state index in [0.717, 1.165) is 58.4 Å². The van der Waals surface area contributed by atoms with Crippen molar-refractivity contribution < 1.29 is 9.47 Å². The van der Waals surface area contributed by atoms with Crippen LogP contribution in [0, 0.1) is 5.92 Å². The van der Waals surface area contributed by atoms with E-state index in [1.54, 1.807) is 7.11 Å². The van der Waals surface area contributed by atoms with Gasteiger partial charge in [-0.3, -0.25) is 9.89 Å². The zero-order valence-corrected chi connectivity index (χ0v) is 14.7. The molecule has 0 aromatic carbocycles. The third-order valence-corrected chi connectivity index (χ3v) is 3.85. The maximum atomic E-state index is 5.47. The summed E-state index contributed by atoms with van der Waals surface area (Å²) in [5.41, 5.74) is 0. The molecule has 0 radical (unpaired) electrons. The van der Waals surface area contributed by atoms with Gasteiger partial charge in [0.1, 0.15) is 0 Å². The first-order valence-electron chi connectivity index (χ1n) is 8.42. The van der Waals surface area contributed by atoms with Crippen molar-refractivity contribution in [1.29, 1.82) is 0 Å². The molecule has 6 nitrogen and oxygen atoms in total. The van der Waals surface area contributed by atoms with Crippen molar-refractivity contribution in [2.45, 2.75) is 32.7 Å². The van der Waals surface area contributed by atoms with Gasteiger partial charge in [0, 0.05) is 53.0 Å². The fraction of sp³-hybridized carbons (Fsp3) is 0.938. The fourth-order valence-electron chi connectivity index (χ4n) is 2.71. The smallest absolute Gasteiger partial charge is 0.191 e. The number of hydrogen-bond acceptors (Lipinski definition) is 4. The summed E-state index contributed by atoms with van der Waals surface area (Å²) in [5, 5.41) is 6.80. The molecular formula is C16H34N4O2. The maximum absolute atomic E-state index is 5.47. The molecule has 0 aliphatic carbocycles. The first-order chi connectivity index (χ1) is 10.7. The maximum Gasteiger partial charge on any atom is 0.191 e. The summed E-state index contributed by atoms with van der Waals surface area (Å²) in [5.74, 6) is 1.56. The Kier molecular flexibility index (Phi) is 10.2. The van der Waals surface area contributed by atoms with E-state index in [2.05, 4.69) is 34.4 Å². The molecule has 1 aliphatic rings. The number of ether oxygens (including phenoxy) is 2. The van der Waals surface area contributed by atoms with Crippen LogP contribution in [-0.2, 0) is 9.47 Å². The molecule has 130 valence electrons. The van der Waals surface area contributed by atoms with Crippen LogP contribution in [0.25, 0.3) is 0 Å². The lowest BCUT2D eigenvalue weighted by Crippen LogP contribution is -2.51. The second kappa shape index (κ2) is 11.7. The SMILES string of the molecule is CN=C(NCCCOC)NCC(CC(C)C)N1CCOCC1. The Morgan fingerprint density at radius 2 is 2.00 bits per heavy atom. The van der Waals surface area contributed by atoms with Crippen LogP contribution >= 0.6 is 0 Å². The normalized spacial score (nSPS) is 18.5. The first-order valence-corrected chi connectivity index (χ1v) is 8.42. The van der Waals surface area contributed by atoms with Crippen LogP contribution in [0.1, 0.15) is 26.7 Å². The van der Waals surface area contributed by atoms with Gasteiger partial charge in [0.15, 0.2) is 5.96 Å². The number of nitrogens with one attached hydrogen (secondary N) is 2. The molecule has 1 saturated heterocycles. The van der Waals surface area contributed by atoms with E-state index in [1.807, 2.05) is 7.05 Å². The minimum absolute atomic E-state index is 0.529. The number of aliphatic imine (C=N–C) groups is 1. The van der Waals surface area contributed by atoms with Gasteiger partial charge in [-0.1, -0.05) is 13.8 Å². The van der Waals surface area contributed by atoms with Crippen LogP contribution in [0.4, 0.5) is 0 Å². The van der Waals surface area contributed by atoms with Gasteiger partial charge >= 0.3 is 0 Å². The van der Waals surface area contributed by atoms with Crippen LogP contribution in [0.15, 0.2) is 4.99 Å². The quantitative estimate of drug-likeness (QED) is 0.377. The Morgan fingerprint density at radius 3 is 2.59 bits per heavy atom. The average molecular weight is 314 g/mol. The van der Waals surface area contributed by atoms with E-state index in [9.17, 15) is 0 Å². The highest BCUT2D eigenvalue weighted by Gasteiger charge is 2.22. The van der Waals surface area contributed by atoms with Crippen molar-refractivity contribution in [3.05, 3.63) is 0 Å². The number of hydrogen-bond donors (Lipinski definition) is 2. The van der Waals surface area contributed by atoms with E-state index < -0.39 is 0 Å². The molecule has 0 amide bonds. The van der Waals surface area contributed by atoms with E-state index in [-0.39, 0.29) is 0 Å². The van der Waals surface area contributed by atoms with Crippen molar-refractivity contribution >= 4 is 5.96 Å². The Hall–Kier alpha value is -0.850. The predicted molar refractivity (Wildman–Crippen MR) is 91.5 cm³/mol. The highest BCUT2D eigenvalue weighted by molar-refractivity contribution is 5.79. The zero-order valence-electron chi connectivity index (χ0n) is 14.7.